The summed E-state index contributed by atoms with van der Waals surface area (Å²) in [6, 6.07) is 9.53. The van der Waals surface area contributed by atoms with Gasteiger partial charge in [-0.1, -0.05) is 6.07 Å². The highest BCUT2D eigenvalue weighted by molar-refractivity contribution is 5.60. The Kier molecular flexibility index (Phi) is 4.51. The maximum atomic E-state index is 9.08. The zero-order valence-electron chi connectivity index (χ0n) is 10.0. The Bertz CT molecular complexity index is 471. The molecule has 1 aromatic carbocycles. The van der Waals surface area contributed by atoms with Gasteiger partial charge in [0.25, 0.3) is 0 Å². The molecule has 0 aliphatic heterocycles. The Morgan fingerprint density at radius 2 is 2.12 bits per heavy atom. The van der Waals surface area contributed by atoms with Crippen molar-refractivity contribution >= 4 is 5.69 Å². The standard InChI is InChI=1S/C13H15N3O/c1-10(5-6-14)16(2)13-4-3-11(9-17)7-12(13)8-15/h3-4,7,10,17H,5,9H2,1-2H3. The van der Waals surface area contributed by atoms with Crippen LogP contribution in [-0.4, -0.2) is 18.2 Å². The van der Waals surface area contributed by atoms with E-state index in [1.807, 2.05) is 18.9 Å². The smallest absolute Gasteiger partial charge is 0.101 e. The fraction of sp³-hybridized carbons (Fsp3) is 0.385. The third-order valence-corrected chi connectivity index (χ3v) is 2.79. The van der Waals surface area contributed by atoms with Gasteiger partial charge in [0, 0.05) is 13.1 Å². The summed E-state index contributed by atoms with van der Waals surface area (Å²) in [7, 11) is 1.86. The molecule has 4 nitrogen and oxygen atoms in total. The van der Waals surface area contributed by atoms with Crippen molar-refractivity contribution in [2.24, 2.45) is 0 Å². The van der Waals surface area contributed by atoms with Gasteiger partial charge in [0.05, 0.1) is 30.3 Å². The number of nitrogens with zero attached hydrogens (tertiary/aromatic N) is 3. The monoisotopic (exact) mass is 229 g/mol. The van der Waals surface area contributed by atoms with Crippen molar-refractivity contribution in [3.63, 3.8) is 0 Å². The van der Waals surface area contributed by atoms with Gasteiger partial charge in [-0.05, 0) is 24.6 Å². The first-order chi connectivity index (χ1) is 8.13. The molecular weight excluding hydrogens is 214 g/mol. The van der Waals surface area contributed by atoms with Crippen LogP contribution in [0.3, 0.4) is 0 Å². The molecule has 1 rings (SSSR count). The van der Waals surface area contributed by atoms with Gasteiger partial charge in [-0.2, -0.15) is 10.5 Å². The van der Waals surface area contributed by atoms with Crippen LogP contribution >= 0.6 is 0 Å². The Morgan fingerprint density at radius 3 is 2.65 bits per heavy atom. The van der Waals surface area contributed by atoms with Gasteiger partial charge >= 0.3 is 0 Å². The minimum atomic E-state index is -0.0770. The molecule has 0 aliphatic rings. The van der Waals surface area contributed by atoms with Crippen molar-refractivity contribution in [2.45, 2.75) is 26.0 Å². The number of benzene rings is 1. The largest absolute Gasteiger partial charge is 0.392 e. The molecule has 0 radical (unpaired) electrons. The molecule has 0 saturated carbocycles. The van der Waals surface area contributed by atoms with E-state index in [9.17, 15) is 0 Å². The zero-order valence-corrected chi connectivity index (χ0v) is 10.0. The van der Waals surface area contributed by atoms with Crippen molar-refractivity contribution in [3.05, 3.63) is 29.3 Å². The molecule has 0 aromatic heterocycles. The average molecular weight is 229 g/mol. The number of hydrogen-bond donors (Lipinski definition) is 1. The third kappa shape index (κ3) is 2.96. The number of aliphatic hydroxyl groups excluding tert-OH is 1. The first kappa shape index (κ1) is 13.0. The molecule has 1 aromatic rings. The molecule has 0 saturated heterocycles. The molecule has 1 atom stereocenters. The number of aliphatic hydroxyl groups is 1. The van der Waals surface area contributed by atoms with Gasteiger partial charge in [-0.25, -0.2) is 0 Å². The summed E-state index contributed by atoms with van der Waals surface area (Å²) < 4.78 is 0. The minimum absolute atomic E-state index is 0.0482. The molecule has 0 spiro atoms. The van der Waals surface area contributed by atoms with Crippen molar-refractivity contribution in [2.75, 3.05) is 11.9 Å². The molecule has 4 heteroatoms. The number of anilines is 1. The van der Waals surface area contributed by atoms with Crippen LogP contribution in [0, 0.1) is 22.7 Å². The Balaban J connectivity index is 3.06. The summed E-state index contributed by atoms with van der Waals surface area (Å²) >= 11 is 0. The lowest BCUT2D eigenvalue weighted by Gasteiger charge is -2.26. The summed E-state index contributed by atoms with van der Waals surface area (Å²) in [5.74, 6) is 0. The molecule has 88 valence electrons. The van der Waals surface area contributed by atoms with E-state index in [4.69, 9.17) is 15.6 Å². The van der Waals surface area contributed by atoms with E-state index in [1.165, 1.54) is 0 Å². The number of rotatable bonds is 4. The minimum Gasteiger partial charge on any atom is -0.392 e. The highest BCUT2D eigenvalue weighted by Gasteiger charge is 2.13. The lowest BCUT2D eigenvalue weighted by molar-refractivity contribution is 0.282. The fourth-order valence-corrected chi connectivity index (χ4v) is 1.59. The van der Waals surface area contributed by atoms with E-state index < -0.39 is 0 Å². The fourth-order valence-electron chi connectivity index (χ4n) is 1.59. The molecule has 0 heterocycles. The van der Waals surface area contributed by atoms with Gasteiger partial charge in [0.2, 0.25) is 0 Å². The summed E-state index contributed by atoms with van der Waals surface area (Å²) in [6.07, 6.45) is 0.406. The Labute approximate surface area is 101 Å². The van der Waals surface area contributed by atoms with Gasteiger partial charge in [0.15, 0.2) is 0 Å². The first-order valence-corrected chi connectivity index (χ1v) is 5.37. The molecule has 1 N–H and O–H groups in total. The SMILES string of the molecule is CC(CC#N)N(C)c1ccc(CO)cc1C#N. The van der Waals surface area contributed by atoms with Crippen LogP contribution in [0.5, 0.6) is 0 Å². The highest BCUT2D eigenvalue weighted by atomic mass is 16.3. The average Bonchev–Trinajstić information content (AvgIpc) is 2.37. The van der Waals surface area contributed by atoms with Gasteiger partial charge in [0.1, 0.15) is 6.07 Å². The molecule has 17 heavy (non-hydrogen) atoms. The summed E-state index contributed by atoms with van der Waals surface area (Å²) in [6.45, 7) is 1.86. The van der Waals surface area contributed by atoms with Crippen molar-refractivity contribution in [1.82, 2.24) is 0 Å². The normalized spacial score (nSPS) is 11.4. The first-order valence-electron chi connectivity index (χ1n) is 5.37. The van der Waals surface area contributed by atoms with Crippen LogP contribution in [0.15, 0.2) is 18.2 Å². The quantitative estimate of drug-likeness (QED) is 0.854. The van der Waals surface area contributed by atoms with Crippen LogP contribution in [0.4, 0.5) is 5.69 Å². The second-order valence-corrected chi connectivity index (χ2v) is 3.94. The predicted molar refractivity (Wildman–Crippen MR) is 65.2 cm³/mol. The Hall–Kier alpha value is -2.04. The predicted octanol–water partition coefficient (Wildman–Crippen LogP) is 1.79. The third-order valence-electron chi connectivity index (χ3n) is 2.79. The van der Waals surface area contributed by atoms with E-state index >= 15 is 0 Å². The maximum absolute atomic E-state index is 9.08. The molecule has 0 aliphatic carbocycles. The van der Waals surface area contributed by atoms with E-state index in [1.54, 1.807) is 18.2 Å². The highest BCUT2D eigenvalue weighted by Crippen LogP contribution is 2.23. The Morgan fingerprint density at radius 1 is 1.41 bits per heavy atom. The molecular formula is C13H15N3O. The van der Waals surface area contributed by atoms with Gasteiger partial charge in [-0.15, -0.1) is 0 Å². The number of hydrogen-bond acceptors (Lipinski definition) is 4. The molecule has 1 unspecified atom stereocenters. The van der Waals surface area contributed by atoms with Crippen LogP contribution in [-0.2, 0) is 6.61 Å². The van der Waals surface area contributed by atoms with E-state index in [0.29, 0.717) is 17.5 Å². The van der Waals surface area contributed by atoms with Gasteiger partial charge < -0.3 is 10.0 Å². The summed E-state index contributed by atoms with van der Waals surface area (Å²) in [5, 5.41) is 26.8. The second-order valence-electron chi connectivity index (χ2n) is 3.94. The number of nitriles is 2. The summed E-state index contributed by atoms with van der Waals surface area (Å²) in [4.78, 5) is 1.91. The van der Waals surface area contributed by atoms with Crippen molar-refractivity contribution in [1.29, 1.82) is 10.5 Å². The molecule has 0 amide bonds. The van der Waals surface area contributed by atoms with Crippen LogP contribution in [0.25, 0.3) is 0 Å². The van der Waals surface area contributed by atoms with Crippen molar-refractivity contribution in [3.8, 4) is 12.1 Å². The van der Waals surface area contributed by atoms with Crippen LogP contribution in [0.2, 0.25) is 0 Å². The van der Waals surface area contributed by atoms with E-state index in [-0.39, 0.29) is 12.6 Å². The zero-order chi connectivity index (χ0) is 12.8. The lowest BCUT2D eigenvalue weighted by Crippen LogP contribution is -2.29. The lowest BCUT2D eigenvalue weighted by atomic mass is 10.1. The van der Waals surface area contributed by atoms with E-state index in [2.05, 4.69) is 12.1 Å². The van der Waals surface area contributed by atoms with Crippen LogP contribution in [0.1, 0.15) is 24.5 Å². The molecule has 0 fully saturated rings. The topological polar surface area (TPSA) is 71.1 Å². The van der Waals surface area contributed by atoms with Gasteiger partial charge in [-0.3, -0.25) is 0 Å². The second kappa shape index (κ2) is 5.89. The van der Waals surface area contributed by atoms with E-state index in [0.717, 1.165) is 5.69 Å². The molecule has 0 bridgehead atoms. The summed E-state index contributed by atoms with van der Waals surface area (Å²) in [5.41, 5.74) is 2.02. The van der Waals surface area contributed by atoms with Crippen molar-refractivity contribution < 1.29 is 5.11 Å². The van der Waals surface area contributed by atoms with Crippen LogP contribution < -0.4 is 4.90 Å². The maximum Gasteiger partial charge on any atom is 0.101 e.